The van der Waals surface area contributed by atoms with Crippen LogP contribution in [0.1, 0.15) is 43.6 Å². The van der Waals surface area contributed by atoms with Crippen molar-refractivity contribution < 1.29 is 9.47 Å². The lowest BCUT2D eigenvalue weighted by Gasteiger charge is -2.24. The van der Waals surface area contributed by atoms with E-state index in [9.17, 15) is 4.79 Å². The van der Waals surface area contributed by atoms with E-state index in [1.165, 1.54) is 54.9 Å². The van der Waals surface area contributed by atoms with Gasteiger partial charge in [0.25, 0.3) is 11.6 Å². The second-order valence-electron chi connectivity index (χ2n) is 8.20. The highest BCUT2D eigenvalue weighted by atomic mass is 16.6. The smallest absolute Gasteiger partial charge is 0.300 e. The van der Waals surface area contributed by atoms with Crippen molar-refractivity contribution in [3.8, 4) is 22.9 Å². The molecule has 0 amide bonds. The molecule has 3 aromatic rings. The van der Waals surface area contributed by atoms with Gasteiger partial charge in [-0.05, 0) is 47.6 Å². The Morgan fingerprint density at radius 1 is 1.00 bits per heavy atom. The minimum absolute atomic E-state index is 0.147. The average molecular weight is 402 g/mol. The van der Waals surface area contributed by atoms with Crippen molar-refractivity contribution in [3.05, 3.63) is 76.7 Å². The Bertz CT molecular complexity index is 1070. The summed E-state index contributed by atoms with van der Waals surface area (Å²) in [7, 11) is 0. The van der Waals surface area contributed by atoms with E-state index in [1.807, 2.05) is 16.7 Å². The summed E-state index contributed by atoms with van der Waals surface area (Å²) in [6.45, 7) is 1.05. The van der Waals surface area contributed by atoms with Gasteiger partial charge in [0, 0.05) is 12.3 Å². The second kappa shape index (κ2) is 8.34. The Balaban J connectivity index is 1.25. The van der Waals surface area contributed by atoms with Crippen LogP contribution in [0.3, 0.4) is 0 Å². The Hall–Kier alpha value is -3.08. The fraction of sp³-hybridized carbons (Fsp3) is 0.360. The summed E-state index contributed by atoms with van der Waals surface area (Å²) in [5.41, 5.74) is 3.76. The molecule has 5 heteroatoms. The van der Waals surface area contributed by atoms with Gasteiger partial charge in [0.15, 0.2) is 6.10 Å². The van der Waals surface area contributed by atoms with Crippen LogP contribution in [-0.4, -0.2) is 22.3 Å². The molecule has 154 valence electrons. The third-order valence-electron chi connectivity index (χ3n) is 6.13. The second-order valence-corrected chi connectivity index (χ2v) is 8.20. The van der Waals surface area contributed by atoms with Crippen molar-refractivity contribution in [1.29, 1.82) is 0 Å². The number of ether oxygens (including phenoxy) is 2. The van der Waals surface area contributed by atoms with E-state index in [2.05, 4.69) is 41.4 Å². The largest absolute Gasteiger partial charge is 0.490 e. The van der Waals surface area contributed by atoms with Gasteiger partial charge in [0.05, 0.1) is 6.54 Å². The van der Waals surface area contributed by atoms with Gasteiger partial charge in [-0.2, -0.15) is 4.98 Å². The molecule has 5 rings (SSSR count). The van der Waals surface area contributed by atoms with E-state index < -0.39 is 0 Å². The van der Waals surface area contributed by atoms with E-state index in [4.69, 9.17) is 9.47 Å². The van der Waals surface area contributed by atoms with Gasteiger partial charge in [-0.25, -0.2) is 0 Å². The Morgan fingerprint density at radius 3 is 2.63 bits per heavy atom. The minimum Gasteiger partial charge on any atom is -0.490 e. The first kappa shape index (κ1) is 18.9. The van der Waals surface area contributed by atoms with Crippen molar-refractivity contribution in [1.82, 2.24) is 9.55 Å². The Kier molecular flexibility index (Phi) is 5.26. The third kappa shape index (κ3) is 3.97. The lowest BCUT2D eigenvalue weighted by Crippen LogP contribution is -2.23. The molecular weight excluding hydrogens is 376 g/mol. The molecule has 2 heterocycles. The lowest BCUT2D eigenvalue weighted by atomic mass is 9.81. The van der Waals surface area contributed by atoms with E-state index in [0.717, 1.165) is 5.75 Å². The van der Waals surface area contributed by atoms with Crippen molar-refractivity contribution in [2.24, 2.45) is 0 Å². The number of fused-ring (bicyclic) bond motifs is 1. The fourth-order valence-electron chi connectivity index (χ4n) is 4.59. The fourth-order valence-corrected chi connectivity index (χ4v) is 4.59. The monoisotopic (exact) mass is 402 g/mol. The number of rotatable bonds is 5. The third-order valence-corrected chi connectivity index (χ3v) is 6.13. The molecule has 0 unspecified atom stereocenters. The normalized spacial score (nSPS) is 18.6. The van der Waals surface area contributed by atoms with Crippen LogP contribution in [0.2, 0.25) is 0 Å². The molecule has 1 fully saturated rings. The number of hydrogen-bond donors (Lipinski definition) is 0. The maximum absolute atomic E-state index is 11.4. The summed E-state index contributed by atoms with van der Waals surface area (Å²) in [4.78, 5) is 15.2. The van der Waals surface area contributed by atoms with Crippen LogP contribution in [0.4, 0.5) is 0 Å². The van der Waals surface area contributed by atoms with Crippen LogP contribution in [-0.2, 0) is 6.54 Å². The zero-order valence-corrected chi connectivity index (χ0v) is 17.0. The Labute approximate surface area is 176 Å². The van der Waals surface area contributed by atoms with Crippen molar-refractivity contribution in [3.63, 3.8) is 0 Å². The predicted molar refractivity (Wildman–Crippen MR) is 116 cm³/mol. The van der Waals surface area contributed by atoms with Gasteiger partial charge in [-0.3, -0.25) is 9.36 Å². The van der Waals surface area contributed by atoms with Crippen molar-refractivity contribution in [2.45, 2.75) is 50.7 Å². The van der Waals surface area contributed by atoms with Crippen LogP contribution in [0, 0.1) is 0 Å². The number of hydrogen-bond acceptors (Lipinski definition) is 4. The van der Waals surface area contributed by atoms with Gasteiger partial charge in [-0.15, -0.1) is 0 Å². The summed E-state index contributed by atoms with van der Waals surface area (Å²) >= 11 is 0. The Morgan fingerprint density at radius 2 is 1.80 bits per heavy atom. The van der Waals surface area contributed by atoms with Crippen LogP contribution in [0.25, 0.3) is 11.1 Å². The van der Waals surface area contributed by atoms with Gasteiger partial charge < -0.3 is 9.47 Å². The number of aromatic nitrogens is 2. The van der Waals surface area contributed by atoms with Gasteiger partial charge >= 0.3 is 0 Å². The first-order valence-corrected chi connectivity index (χ1v) is 10.8. The number of nitrogens with zero attached hydrogens (tertiary/aromatic N) is 2. The molecular formula is C25H26N2O3. The van der Waals surface area contributed by atoms with Crippen LogP contribution >= 0.6 is 0 Å². The maximum atomic E-state index is 11.4. The van der Waals surface area contributed by atoms with Crippen molar-refractivity contribution >= 4 is 0 Å². The molecule has 1 aromatic heterocycles. The predicted octanol–water partition coefficient (Wildman–Crippen LogP) is 4.80. The topological polar surface area (TPSA) is 53.4 Å². The molecule has 2 aliphatic rings. The summed E-state index contributed by atoms with van der Waals surface area (Å²) in [6, 6.07) is 19.0. The highest BCUT2D eigenvalue weighted by molar-refractivity contribution is 5.68. The first-order valence-electron chi connectivity index (χ1n) is 10.8. The molecule has 1 aliphatic carbocycles. The summed E-state index contributed by atoms with van der Waals surface area (Å²) in [6.07, 6.45) is 8.19. The molecule has 30 heavy (non-hydrogen) atoms. The summed E-state index contributed by atoms with van der Waals surface area (Å²) < 4.78 is 13.5. The SMILES string of the molecule is O=c1ccn2c(n1)O[C@H](COc1ccc(-c3ccccc3C3CCCCC3)cc1)C2. The number of benzene rings is 2. The zero-order valence-electron chi connectivity index (χ0n) is 17.0. The van der Waals surface area contributed by atoms with Crippen molar-refractivity contribution in [2.75, 3.05) is 6.61 Å². The average Bonchev–Trinajstić information content (AvgIpc) is 3.21. The zero-order chi connectivity index (χ0) is 20.3. The maximum Gasteiger partial charge on any atom is 0.300 e. The molecule has 0 spiro atoms. The molecule has 2 aromatic carbocycles. The summed E-state index contributed by atoms with van der Waals surface area (Å²) in [5, 5.41) is 0. The van der Waals surface area contributed by atoms with Crippen LogP contribution in [0.15, 0.2) is 65.6 Å². The molecule has 1 aliphatic heterocycles. The standard InChI is InChI=1S/C25H26N2O3/c28-24-14-15-27-16-21(30-25(27)26-24)17-29-20-12-10-19(11-13-20)23-9-5-4-8-22(23)18-6-2-1-3-7-18/h4-5,8-15,18,21H,1-3,6-7,16-17H2/t21-/m0/s1. The molecule has 0 radical (unpaired) electrons. The van der Waals surface area contributed by atoms with Crippen LogP contribution < -0.4 is 15.0 Å². The van der Waals surface area contributed by atoms with E-state index in [1.54, 1.807) is 6.20 Å². The van der Waals surface area contributed by atoms with Gasteiger partial charge in [-0.1, -0.05) is 55.7 Å². The molecule has 0 saturated heterocycles. The molecule has 1 atom stereocenters. The quantitative estimate of drug-likeness (QED) is 0.615. The van der Waals surface area contributed by atoms with Gasteiger partial charge in [0.2, 0.25) is 0 Å². The highest BCUT2D eigenvalue weighted by Gasteiger charge is 2.24. The molecule has 1 saturated carbocycles. The molecule has 0 N–H and O–H groups in total. The minimum atomic E-state index is -0.285. The summed E-state index contributed by atoms with van der Waals surface area (Å²) in [5.74, 6) is 1.49. The van der Waals surface area contributed by atoms with E-state index in [0.29, 0.717) is 25.1 Å². The van der Waals surface area contributed by atoms with E-state index >= 15 is 0 Å². The van der Waals surface area contributed by atoms with Crippen LogP contribution in [0.5, 0.6) is 11.8 Å². The van der Waals surface area contributed by atoms with Gasteiger partial charge in [0.1, 0.15) is 12.4 Å². The lowest BCUT2D eigenvalue weighted by molar-refractivity contribution is 0.143. The first-order chi connectivity index (χ1) is 14.8. The highest BCUT2D eigenvalue weighted by Crippen LogP contribution is 2.38. The molecule has 0 bridgehead atoms. The molecule has 5 nitrogen and oxygen atoms in total. The van der Waals surface area contributed by atoms with E-state index in [-0.39, 0.29) is 11.7 Å².